The largest absolute Gasteiger partial charge is 0.332 e. The number of hydrogen-bond acceptors (Lipinski definition) is 5. The predicted molar refractivity (Wildman–Crippen MR) is 84.5 cm³/mol. The molecule has 0 bridgehead atoms. The Kier molecular flexibility index (Phi) is 4.88. The number of pyridine rings is 1. The van der Waals surface area contributed by atoms with Crippen molar-refractivity contribution >= 4 is 23.2 Å². The summed E-state index contributed by atoms with van der Waals surface area (Å²) in [6, 6.07) is 10.3. The molecule has 0 amide bonds. The Balaban J connectivity index is 0.00000161. The van der Waals surface area contributed by atoms with Crippen LogP contribution in [0, 0.1) is 0 Å². The van der Waals surface area contributed by atoms with Gasteiger partial charge in [-0.2, -0.15) is 4.98 Å². The van der Waals surface area contributed by atoms with E-state index < -0.39 is 0 Å². The summed E-state index contributed by atoms with van der Waals surface area (Å²) in [5, 5.41) is 9.31. The maximum absolute atomic E-state index is 5.35. The number of halogens is 1. The Morgan fingerprint density at radius 3 is 2.86 bits per heavy atom. The first-order valence-corrected chi connectivity index (χ1v) is 6.62. The van der Waals surface area contributed by atoms with Crippen LogP contribution in [0.25, 0.3) is 22.4 Å². The summed E-state index contributed by atoms with van der Waals surface area (Å²) in [5.74, 6) is 1.16. The van der Waals surface area contributed by atoms with Gasteiger partial charge in [-0.25, -0.2) is 0 Å². The number of likely N-dealkylation sites (N-methyl/N-ethyl adjacent to an activating group) is 1. The number of hydrogen-bond donors (Lipinski definition) is 1. The van der Waals surface area contributed by atoms with Crippen LogP contribution in [0.1, 0.15) is 12.7 Å². The van der Waals surface area contributed by atoms with Crippen molar-refractivity contribution < 1.29 is 4.52 Å². The smallest absolute Gasteiger partial charge is 0.277 e. The zero-order valence-corrected chi connectivity index (χ0v) is 12.7. The molecule has 1 N–H and O–H groups in total. The van der Waals surface area contributed by atoms with Gasteiger partial charge >= 0.3 is 0 Å². The molecule has 0 spiro atoms. The normalized spacial score (nSPS) is 12.1. The zero-order chi connectivity index (χ0) is 13.9. The van der Waals surface area contributed by atoms with Gasteiger partial charge in [0.2, 0.25) is 0 Å². The minimum Gasteiger partial charge on any atom is -0.332 e. The Hall–Kier alpha value is -1.98. The van der Waals surface area contributed by atoms with Crippen LogP contribution >= 0.6 is 12.4 Å². The van der Waals surface area contributed by atoms with Crippen LogP contribution in [0.5, 0.6) is 0 Å². The van der Waals surface area contributed by atoms with E-state index in [1.165, 1.54) is 0 Å². The first kappa shape index (κ1) is 15.4. The molecular weight excluding hydrogens is 288 g/mol. The molecule has 1 atom stereocenters. The third kappa shape index (κ3) is 3.20. The Labute approximate surface area is 129 Å². The van der Waals surface area contributed by atoms with E-state index in [0.717, 1.165) is 22.9 Å². The molecule has 2 aromatic heterocycles. The average Bonchev–Trinajstić information content (AvgIpc) is 2.94. The van der Waals surface area contributed by atoms with Gasteiger partial charge in [0.25, 0.3) is 5.89 Å². The van der Waals surface area contributed by atoms with Gasteiger partial charge in [0.05, 0.1) is 0 Å². The lowest BCUT2D eigenvalue weighted by Gasteiger charge is -2.04. The zero-order valence-electron chi connectivity index (χ0n) is 11.9. The van der Waals surface area contributed by atoms with E-state index in [9.17, 15) is 0 Å². The van der Waals surface area contributed by atoms with Crippen LogP contribution in [0.3, 0.4) is 0 Å². The fourth-order valence-electron chi connectivity index (χ4n) is 2.10. The van der Waals surface area contributed by atoms with Gasteiger partial charge < -0.3 is 9.84 Å². The van der Waals surface area contributed by atoms with Gasteiger partial charge in [-0.3, -0.25) is 4.98 Å². The number of nitrogens with one attached hydrogen (secondary N) is 1. The molecule has 6 heteroatoms. The second-order valence-electron chi connectivity index (χ2n) is 4.79. The highest BCUT2D eigenvalue weighted by molar-refractivity contribution is 5.92. The third-order valence-corrected chi connectivity index (χ3v) is 3.33. The van der Waals surface area contributed by atoms with Crippen molar-refractivity contribution in [1.29, 1.82) is 0 Å². The third-order valence-electron chi connectivity index (χ3n) is 3.33. The number of fused-ring (bicyclic) bond motifs is 1. The molecule has 0 saturated heterocycles. The minimum atomic E-state index is 0. The van der Waals surface area contributed by atoms with E-state index in [0.29, 0.717) is 17.8 Å². The topological polar surface area (TPSA) is 63.8 Å². The molecule has 0 aliphatic carbocycles. The molecule has 0 saturated carbocycles. The highest BCUT2D eigenvalue weighted by atomic mass is 35.5. The molecule has 0 aliphatic heterocycles. The molecule has 1 unspecified atom stereocenters. The van der Waals surface area contributed by atoms with Crippen molar-refractivity contribution in [3.8, 4) is 11.6 Å². The van der Waals surface area contributed by atoms with Crippen LogP contribution < -0.4 is 5.32 Å². The second kappa shape index (κ2) is 6.65. The number of nitrogens with zero attached hydrogens (tertiary/aromatic N) is 3. The van der Waals surface area contributed by atoms with Gasteiger partial charge in [-0.1, -0.05) is 29.4 Å². The van der Waals surface area contributed by atoms with Crippen molar-refractivity contribution in [2.75, 3.05) is 7.05 Å². The van der Waals surface area contributed by atoms with Crippen molar-refractivity contribution in [2.24, 2.45) is 0 Å². The van der Waals surface area contributed by atoms with Gasteiger partial charge in [0.15, 0.2) is 5.82 Å². The lowest BCUT2D eigenvalue weighted by atomic mass is 10.1. The van der Waals surface area contributed by atoms with Crippen molar-refractivity contribution in [3.63, 3.8) is 0 Å². The van der Waals surface area contributed by atoms with E-state index in [1.54, 1.807) is 6.20 Å². The Bertz CT molecular complexity index is 723. The van der Waals surface area contributed by atoms with E-state index in [4.69, 9.17) is 4.52 Å². The number of benzene rings is 1. The molecule has 0 aliphatic rings. The fraction of sp³-hybridized carbons (Fsp3) is 0.267. The summed E-state index contributed by atoms with van der Waals surface area (Å²) in [5.41, 5.74) is 0.735. The van der Waals surface area contributed by atoms with Crippen molar-refractivity contribution in [1.82, 2.24) is 20.4 Å². The molecule has 1 aromatic carbocycles. The summed E-state index contributed by atoms with van der Waals surface area (Å²) in [4.78, 5) is 8.82. The SMILES string of the molecule is CNC(C)Cc1noc(-c2nccc3ccccc23)n1.Cl. The standard InChI is InChI=1S/C15H16N4O.ClH/c1-10(16-2)9-13-18-15(20-19-13)14-12-6-4-3-5-11(12)7-8-17-14;/h3-8,10,16H,9H2,1-2H3;1H. The van der Waals surface area contributed by atoms with Crippen LogP contribution in [-0.2, 0) is 6.42 Å². The molecule has 2 heterocycles. The van der Waals surface area contributed by atoms with Gasteiger partial charge in [-0.05, 0) is 25.4 Å². The van der Waals surface area contributed by atoms with Gasteiger partial charge in [0.1, 0.15) is 5.69 Å². The van der Waals surface area contributed by atoms with E-state index >= 15 is 0 Å². The maximum atomic E-state index is 5.35. The quantitative estimate of drug-likeness (QED) is 0.803. The van der Waals surface area contributed by atoms with Crippen molar-refractivity contribution in [2.45, 2.75) is 19.4 Å². The first-order chi connectivity index (χ1) is 9.78. The molecule has 3 rings (SSSR count). The van der Waals surface area contributed by atoms with E-state index in [-0.39, 0.29) is 12.4 Å². The monoisotopic (exact) mass is 304 g/mol. The number of rotatable bonds is 4. The van der Waals surface area contributed by atoms with E-state index in [1.807, 2.05) is 37.4 Å². The highest BCUT2D eigenvalue weighted by Gasteiger charge is 2.14. The lowest BCUT2D eigenvalue weighted by Crippen LogP contribution is -2.24. The van der Waals surface area contributed by atoms with Gasteiger partial charge in [0, 0.05) is 24.0 Å². The van der Waals surface area contributed by atoms with E-state index in [2.05, 4.69) is 27.4 Å². The lowest BCUT2D eigenvalue weighted by molar-refractivity contribution is 0.417. The van der Waals surface area contributed by atoms with Crippen LogP contribution in [-0.4, -0.2) is 28.2 Å². The molecular formula is C15H17ClN4O. The molecule has 21 heavy (non-hydrogen) atoms. The molecule has 0 radical (unpaired) electrons. The van der Waals surface area contributed by atoms with Crippen LogP contribution in [0.2, 0.25) is 0 Å². The predicted octanol–water partition coefficient (Wildman–Crippen LogP) is 2.86. The molecule has 3 aromatic rings. The summed E-state index contributed by atoms with van der Waals surface area (Å²) < 4.78 is 5.35. The van der Waals surface area contributed by atoms with Crippen molar-refractivity contribution in [3.05, 3.63) is 42.4 Å². The molecule has 0 fully saturated rings. The minimum absolute atomic E-state index is 0. The van der Waals surface area contributed by atoms with Gasteiger partial charge in [-0.15, -0.1) is 12.4 Å². The second-order valence-corrected chi connectivity index (χ2v) is 4.79. The van der Waals surface area contributed by atoms with Crippen LogP contribution in [0.4, 0.5) is 0 Å². The Morgan fingerprint density at radius 2 is 2.05 bits per heavy atom. The molecule has 5 nitrogen and oxygen atoms in total. The summed E-state index contributed by atoms with van der Waals surface area (Å²) in [6.45, 7) is 2.08. The first-order valence-electron chi connectivity index (χ1n) is 6.62. The fourth-order valence-corrected chi connectivity index (χ4v) is 2.10. The summed E-state index contributed by atoms with van der Waals surface area (Å²) in [7, 11) is 1.91. The summed E-state index contributed by atoms with van der Waals surface area (Å²) >= 11 is 0. The van der Waals surface area contributed by atoms with Crippen LogP contribution in [0.15, 0.2) is 41.1 Å². The maximum Gasteiger partial charge on any atom is 0.277 e. The average molecular weight is 305 g/mol. The number of aromatic nitrogens is 3. The Morgan fingerprint density at radius 1 is 1.24 bits per heavy atom. The summed E-state index contributed by atoms with van der Waals surface area (Å²) in [6.07, 6.45) is 2.49. The molecule has 110 valence electrons. The highest BCUT2D eigenvalue weighted by Crippen LogP contribution is 2.24.